The van der Waals surface area contributed by atoms with Gasteiger partial charge in [-0.1, -0.05) is 6.07 Å². The Morgan fingerprint density at radius 3 is 2.50 bits per heavy atom. The molecule has 0 aliphatic carbocycles. The van der Waals surface area contributed by atoms with E-state index in [2.05, 4.69) is 10.6 Å². The van der Waals surface area contributed by atoms with Gasteiger partial charge >= 0.3 is 12.1 Å². The number of hydrogen-bond donors (Lipinski definition) is 2. The van der Waals surface area contributed by atoms with E-state index in [0.29, 0.717) is 31.6 Å². The summed E-state index contributed by atoms with van der Waals surface area (Å²) in [5.41, 5.74) is -0.277. The van der Waals surface area contributed by atoms with Crippen molar-refractivity contribution in [2.24, 2.45) is 0 Å². The number of benzene rings is 1. The third-order valence-electron chi connectivity index (χ3n) is 3.80. The number of carbonyl (C=O) groups excluding carboxylic acids is 2. The van der Waals surface area contributed by atoms with Crippen LogP contribution in [-0.4, -0.2) is 46.7 Å². The van der Waals surface area contributed by atoms with Gasteiger partial charge in [-0.3, -0.25) is 10.1 Å². The van der Waals surface area contributed by atoms with Gasteiger partial charge in [0.25, 0.3) is 5.69 Å². The van der Waals surface area contributed by atoms with Crippen LogP contribution in [0.4, 0.5) is 21.0 Å². The maximum atomic E-state index is 12.1. The van der Waals surface area contributed by atoms with Crippen molar-refractivity contribution in [1.82, 2.24) is 10.2 Å². The third-order valence-corrected chi connectivity index (χ3v) is 3.80. The summed E-state index contributed by atoms with van der Waals surface area (Å²) in [5.74, 6) is 0. The molecule has 1 fully saturated rings. The van der Waals surface area contributed by atoms with Crippen molar-refractivity contribution in [2.75, 3.05) is 18.4 Å². The maximum Gasteiger partial charge on any atom is 0.410 e. The van der Waals surface area contributed by atoms with Gasteiger partial charge in [0.2, 0.25) is 0 Å². The number of nitrogens with zero attached hydrogens (tertiary/aromatic N) is 2. The molecule has 0 radical (unpaired) electrons. The quantitative estimate of drug-likeness (QED) is 0.632. The second-order valence-electron chi connectivity index (χ2n) is 7.15. The fourth-order valence-corrected chi connectivity index (χ4v) is 2.58. The average Bonchev–Trinajstić information content (AvgIpc) is 2.54. The predicted molar refractivity (Wildman–Crippen MR) is 96.1 cm³/mol. The van der Waals surface area contributed by atoms with Crippen molar-refractivity contribution in [3.63, 3.8) is 0 Å². The molecule has 0 atom stereocenters. The summed E-state index contributed by atoms with van der Waals surface area (Å²) < 4.78 is 5.34. The molecule has 1 aromatic carbocycles. The van der Waals surface area contributed by atoms with Crippen LogP contribution in [0.2, 0.25) is 0 Å². The number of likely N-dealkylation sites (tertiary alicyclic amines) is 1. The third kappa shape index (κ3) is 5.91. The number of nitrogens with one attached hydrogen (secondary N) is 2. The number of nitro groups is 1. The van der Waals surface area contributed by atoms with Gasteiger partial charge in [0.05, 0.1) is 4.92 Å². The molecule has 1 aliphatic heterocycles. The highest BCUT2D eigenvalue weighted by atomic mass is 16.6. The van der Waals surface area contributed by atoms with Crippen molar-refractivity contribution in [1.29, 1.82) is 0 Å². The second kappa shape index (κ2) is 8.03. The zero-order valence-corrected chi connectivity index (χ0v) is 15.2. The lowest BCUT2D eigenvalue weighted by atomic mass is 10.1. The van der Waals surface area contributed by atoms with Crippen LogP contribution < -0.4 is 10.6 Å². The van der Waals surface area contributed by atoms with Crippen LogP contribution in [0.1, 0.15) is 33.6 Å². The summed E-state index contributed by atoms with van der Waals surface area (Å²) in [5, 5.41) is 16.2. The Morgan fingerprint density at radius 1 is 1.27 bits per heavy atom. The summed E-state index contributed by atoms with van der Waals surface area (Å²) in [7, 11) is 0. The van der Waals surface area contributed by atoms with Crippen molar-refractivity contribution >= 4 is 23.5 Å². The molecule has 2 N–H and O–H groups in total. The molecule has 26 heavy (non-hydrogen) atoms. The minimum absolute atomic E-state index is 0.0765. The van der Waals surface area contributed by atoms with Gasteiger partial charge in [-0.25, -0.2) is 9.59 Å². The first kappa shape index (κ1) is 19.5. The van der Waals surface area contributed by atoms with Crippen molar-refractivity contribution < 1.29 is 19.2 Å². The first-order valence-electron chi connectivity index (χ1n) is 8.44. The zero-order valence-electron chi connectivity index (χ0n) is 15.2. The Bertz CT molecular complexity index is 678. The van der Waals surface area contributed by atoms with Gasteiger partial charge in [0.15, 0.2) is 0 Å². The second-order valence-corrected chi connectivity index (χ2v) is 7.15. The number of carbonyl (C=O) groups is 2. The van der Waals surface area contributed by atoms with E-state index in [1.807, 2.05) is 20.8 Å². The molecule has 0 spiro atoms. The maximum absolute atomic E-state index is 12.1. The van der Waals surface area contributed by atoms with Crippen LogP contribution in [0, 0.1) is 10.1 Å². The van der Waals surface area contributed by atoms with Crippen LogP contribution in [0.25, 0.3) is 0 Å². The molecule has 1 aromatic rings. The van der Waals surface area contributed by atoms with Crippen LogP contribution in [0.3, 0.4) is 0 Å². The largest absolute Gasteiger partial charge is 0.444 e. The molecule has 0 aromatic heterocycles. The summed E-state index contributed by atoms with van der Waals surface area (Å²) in [6, 6.07) is 5.24. The lowest BCUT2D eigenvalue weighted by Gasteiger charge is -2.33. The normalized spacial score (nSPS) is 15.3. The average molecular weight is 364 g/mol. The van der Waals surface area contributed by atoms with Crippen LogP contribution in [-0.2, 0) is 4.74 Å². The van der Waals surface area contributed by atoms with E-state index >= 15 is 0 Å². The van der Waals surface area contributed by atoms with Gasteiger partial charge in [0.1, 0.15) is 5.60 Å². The molecule has 1 heterocycles. The van der Waals surface area contributed by atoms with E-state index in [1.165, 1.54) is 18.2 Å². The van der Waals surface area contributed by atoms with E-state index in [4.69, 9.17) is 4.74 Å². The monoisotopic (exact) mass is 364 g/mol. The number of amides is 3. The first-order valence-corrected chi connectivity index (χ1v) is 8.44. The highest BCUT2D eigenvalue weighted by Crippen LogP contribution is 2.18. The molecule has 2 rings (SSSR count). The number of nitro benzene ring substituents is 1. The Morgan fingerprint density at radius 2 is 1.92 bits per heavy atom. The highest BCUT2D eigenvalue weighted by molar-refractivity contribution is 5.89. The summed E-state index contributed by atoms with van der Waals surface area (Å²) in [6.07, 6.45) is 0.875. The van der Waals surface area contributed by atoms with Crippen molar-refractivity contribution in [3.8, 4) is 0 Å². The summed E-state index contributed by atoms with van der Waals surface area (Å²) >= 11 is 0. The van der Waals surface area contributed by atoms with Gasteiger partial charge in [-0.15, -0.1) is 0 Å². The summed E-state index contributed by atoms with van der Waals surface area (Å²) in [6.45, 7) is 6.44. The van der Waals surface area contributed by atoms with Crippen LogP contribution in [0.15, 0.2) is 24.3 Å². The Kier molecular flexibility index (Phi) is 6.01. The fraction of sp³-hybridized carbons (Fsp3) is 0.529. The Labute approximate surface area is 151 Å². The van der Waals surface area contributed by atoms with E-state index in [1.54, 1.807) is 11.0 Å². The van der Waals surface area contributed by atoms with E-state index in [9.17, 15) is 19.7 Å². The minimum Gasteiger partial charge on any atom is -0.444 e. The highest BCUT2D eigenvalue weighted by Gasteiger charge is 2.27. The molecule has 0 unspecified atom stereocenters. The fourth-order valence-electron chi connectivity index (χ4n) is 2.58. The molecule has 9 heteroatoms. The number of urea groups is 1. The molecule has 1 aliphatic rings. The van der Waals surface area contributed by atoms with Gasteiger partial charge < -0.3 is 20.3 Å². The van der Waals surface area contributed by atoms with E-state index in [0.717, 1.165) is 0 Å². The molecule has 3 amide bonds. The number of rotatable bonds is 3. The molecule has 1 saturated heterocycles. The smallest absolute Gasteiger partial charge is 0.410 e. The molecular weight excluding hydrogens is 340 g/mol. The van der Waals surface area contributed by atoms with Crippen LogP contribution >= 0.6 is 0 Å². The van der Waals surface area contributed by atoms with Crippen molar-refractivity contribution in [2.45, 2.75) is 45.3 Å². The molecule has 0 saturated carbocycles. The summed E-state index contributed by atoms with van der Waals surface area (Å²) in [4.78, 5) is 36.0. The van der Waals surface area contributed by atoms with Crippen molar-refractivity contribution in [3.05, 3.63) is 34.4 Å². The number of piperidine rings is 1. The van der Waals surface area contributed by atoms with Gasteiger partial charge in [0, 0.05) is 37.0 Å². The zero-order chi connectivity index (χ0) is 19.3. The predicted octanol–water partition coefficient (Wildman–Crippen LogP) is 3.12. The number of ether oxygens (including phenoxy) is 1. The lowest BCUT2D eigenvalue weighted by molar-refractivity contribution is -0.384. The molecule has 0 bridgehead atoms. The molecule has 9 nitrogen and oxygen atoms in total. The van der Waals surface area contributed by atoms with E-state index in [-0.39, 0.29) is 17.8 Å². The van der Waals surface area contributed by atoms with Gasteiger partial charge in [-0.2, -0.15) is 0 Å². The Hall–Kier alpha value is -2.84. The molecule has 142 valence electrons. The van der Waals surface area contributed by atoms with Crippen LogP contribution in [0.5, 0.6) is 0 Å². The Balaban J connectivity index is 1.80. The SMILES string of the molecule is CC(C)(C)OC(=O)N1CCC(NC(=O)Nc2cccc([N+](=O)[O-])c2)CC1. The standard InChI is InChI=1S/C17H24N4O5/c1-17(2,3)26-16(23)20-9-7-12(8-10-20)18-15(22)19-13-5-4-6-14(11-13)21(24)25/h4-6,11-12H,7-10H2,1-3H3,(H2,18,19,22). The lowest BCUT2D eigenvalue weighted by Crippen LogP contribution is -2.48. The number of non-ortho nitro benzene ring substituents is 1. The topological polar surface area (TPSA) is 114 Å². The van der Waals surface area contributed by atoms with Gasteiger partial charge in [-0.05, 0) is 39.7 Å². The molecular formula is C17H24N4O5. The minimum atomic E-state index is -0.537. The number of hydrogen-bond acceptors (Lipinski definition) is 5. The first-order chi connectivity index (χ1) is 12.1. The van der Waals surface area contributed by atoms with E-state index < -0.39 is 16.6 Å². The number of anilines is 1.